The second-order valence-corrected chi connectivity index (χ2v) is 6.55. The largest absolute Gasteiger partial charge is 0.335 e. The molecule has 0 atom stereocenters. The van der Waals surface area contributed by atoms with Gasteiger partial charge < -0.3 is 4.90 Å². The number of benzene rings is 1. The van der Waals surface area contributed by atoms with Crippen molar-refractivity contribution in [1.29, 1.82) is 0 Å². The Hall–Kier alpha value is -1.73. The van der Waals surface area contributed by atoms with E-state index in [0.29, 0.717) is 18.8 Å². The van der Waals surface area contributed by atoms with Gasteiger partial charge in [0.25, 0.3) is 5.91 Å². The first-order valence-corrected chi connectivity index (χ1v) is 8.27. The summed E-state index contributed by atoms with van der Waals surface area (Å²) in [6.07, 6.45) is 1.78. The Morgan fingerprint density at radius 1 is 1.22 bits per heavy atom. The molecule has 1 aliphatic rings. The maximum Gasteiger partial charge on any atom is 0.275 e. The Labute approximate surface area is 142 Å². The van der Waals surface area contributed by atoms with Gasteiger partial charge in [0.1, 0.15) is 5.82 Å². The number of carbonyl (C=O) groups excluding carboxylic acids is 1. The molecule has 1 fully saturated rings. The van der Waals surface area contributed by atoms with Crippen molar-refractivity contribution in [3.05, 3.63) is 52.0 Å². The number of amides is 1. The van der Waals surface area contributed by atoms with E-state index >= 15 is 0 Å². The first kappa shape index (κ1) is 16.1. The summed E-state index contributed by atoms with van der Waals surface area (Å²) in [6.45, 7) is 3.71. The SMILES string of the molecule is Cn1cc(Br)c(C(=O)N2CCN(Cc3ccc(F)cc3)CC2)n1. The van der Waals surface area contributed by atoms with Crippen molar-refractivity contribution in [2.24, 2.45) is 7.05 Å². The predicted molar refractivity (Wildman–Crippen MR) is 88.5 cm³/mol. The van der Waals surface area contributed by atoms with E-state index in [1.54, 1.807) is 30.1 Å². The predicted octanol–water partition coefficient (Wildman–Crippen LogP) is 2.28. The van der Waals surface area contributed by atoms with Gasteiger partial charge in [-0.05, 0) is 33.6 Å². The van der Waals surface area contributed by atoms with Crippen LogP contribution in [0.3, 0.4) is 0 Å². The first-order valence-electron chi connectivity index (χ1n) is 7.48. The lowest BCUT2D eigenvalue weighted by Gasteiger charge is -2.34. The molecule has 5 nitrogen and oxygen atoms in total. The Morgan fingerprint density at radius 3 is 2.43 bits per heavy atom. The minimum absolute atomic E-state index is 0.0427. The summed E-state index contributed by atoms with van der Waals surface area (Å²) in [5.41, 5.74) is 1.54. The summed E-state index contributed by atoms with van der Waals surface area (Å²) in [5.74, 6) is -0.260. The van der Waals surface area contributed by atoms with Gasteiger partial charge in [0, 0.05) is 46.0 Å². The average molecular weight is 381 g/mol. The Balaban J connectivity index is 1.57. The monoisotopic (exact) mass is 380 g/mol. The van der Waals surface area contributed by atoms with Crippen LogP contribution in [0.1, 0.15) is 16.1 Å². The molecule has 1 aromatic carbocycles. The highest BCUT2D eigenvalue weighted by Gasteiger charge is 2.25. The summed E-state index contributed by atoms with van der Waals surface area (Å²) in [7, 11) is 1.79. The van der Waals surface area contributed by atoms with Gasteiger partial charge in [0.15, 0.2) is 5.69 Å². The van der Waals surface area contributed by atoms with Crippen molar-refractivity contribution in [2.45, 2.75) is 6.54 Å². The molecule has 0 aliphatic carbocycles. The van der Waals surface area contributed by atoms with Crippen LogP contribution in [-0.4, -0.2) is 51.7 Å². The number of rotatable bonds is 3. The zero-order valence-electron chi connectivity index (χ0n) is 12.9. The van der Waals surface area contributed by atoms with Gasteiger partial charge in [-0.1, -0.05) is 12.1 Å². The normalized spacial score (nSPS) is 15.9. The van der Waals surface area contributed by atoms with Crippen molar-refractivity contribution in [3.8, 4) is 0 Å². The van der Waals surface area contributed by atoms with Crippen molar-refractivity contribution >= 4 is 21.8 Å². The zero-order valence-corrected chi connectivity index (χ0v) is 14.5. The van der Waals surface area contributed by atoms with Crippen molar-refractivity contribution in [3.63, 3.8) is 0 Å². The number of carbonyl (C=O) groups is 1. The fourth-order valence-corrected chi connectivity index (χ4v) is 3.26. The first-order chi connectivity index (χ1) is 11.0. The summed E-state index contributed by atoms with van der Waals surface area (Å²) in [4.78, 5) is 16.6. The van der Waals surface area contributed by atoms with Crippen molar-refractivity contribution in [1.82, 2.24) is 19.6 Å². The number of aromatic nitrogens is 2. The van der Waals surface area contributed by atoms with E-state index in [4.69, 9.17) is 0 Å². The molecule has 0 spiro atoms. The van der Waals surface area contributed by atoms with Gasteiger partial charge in [0.05, 0.1) is 4.47 Å². The lowest BCUT2D eigenvalue weighted by Crippen LogP contribution is -2.48. The fraction of sp³-hybridized carbons (Fsp3) is 0.375. The molecule has 1 aromatic heterocycles. The van der Waals surface area contributed by atoms with Gasteiger partial charge in [-0.15, -0.1) is 0 Å². The van der Waals surface area contributed by atoms with E-state index < -0.39 is 0 Å². The topological polar surface area (TPSA) is 41.4 Å². The maximum atomic E-state index is 12.9. The van der Waals surface area contributed by atoms with E-state index in [1.807, 2.05) is 4.90 Å². The number of hydrogen-bond donors (Lipinski definition) is 0. The quantitative estimate of drug-likeness (QED) is 0.819. The van der Waals surface area contributed by atoms with Gasteiger partial charge in [-0.2, -0.15) is 5.10 Å². The standard InChI is InChI=1S/C16H18BrFN4O/c1-20-11-14(17)15(19-20)16(23)22-8-6-21(7-9-22)10-12-2-4-13(18)5-3-12/h2-5,11H,6-10H2,1H3. The summed E-state index contributed by atoms with van der Waals surface area (Å²) in [6, 6.07) is 6.57. The lowest BCUT2D eigenvalue weighted by molar-refractivity contribution is 0.0621. The molecule has 23 heavy (non-hydrogen) atoms. The summed E-state index contributed by atoms with van der Waals surface area (Å²) >= 11 is 3.37. The highest BCUT2D eigenvalue weighted by atomic mass is 79.9. The molecule has 0 saturated carbocycles. The molecule has 0 bridgehead atoms. The minimum atomic E-state index is -0.217. The molecule has 7 heteroatoms. The third-order valence-corrected chi connectivity index (χ3v) is 4.55. The fourth-order valence-electron chi connectivity index (χ4n) is 2.71. The molecule has 1 amide bonds. The van der Waals surface area contributed by atoms with Gasteiger partial charge in [-0.3, -0.25) is 14.4 Å². The molecule has 122 valence electrons. The smallest absolute Gasteiger partial charge is 0.275 e. The molecule has 2 heterocycles. The van der Waals surface area contributed by atoms with Crippen LogP contribution in [0, 0.1) is 5.82 Å². The molecular formula is C16H18BrFN4O. The van der Waals surface area contributed by atoms with Crippen LogP contribution >= 0.6 is 15.9 Å². The lowest BCUT2D eigenvalue weighted by atomic mass is 10.2. The molecule has 0 unspecified atom stereocenters. The van der Waals surface area contributed by atoms with Gasteiger partial charge in [0.2, 0.25) is 0 Å². The molecule has 2 aromatic rings. The van der Waals surface area contributed by atoms with Crippen molar-refractivity contribution in [2.75, 3.05) is 26.2 Å². The summed E-state index contributed by atoms with van der Waals surface area (Å²) < 4.78 is 15.3. The number of nitrogens with zero attached hydrogens (tertiary/aromatic N) is 4. The molecule has 1 saturated heterocycles. The van der Waals surface area contributed by atoms with Crippen molar-refractivity contribution < 1.29 is 9.18 Å². The molecule has 0 N–H and O–H groups in total. The van der Waals surface area contributed by atoms with Crippen LogP contribution in [0.2, 0.25) is 0 Å². The summed E-state index contributed by atoms with van der Waals surface area (Å²) in [5, 5.41) is 4.21. The number of piperazine rings is 1. The molecule has 1 aliphatic heterocycles. The van der Waals surface area contributed by atoms with Crippen LogP contribution in [0.15, 0.2) is 34.9 Å². The third kappa shape index (κ3) is 3.79. The van der Waals surface area contributed by atoms with E-state index in [-0.39, 0.29) is 11.7 Å². The average Bonchev–Trinajstić information content (AvgIpc) is 2.88. The van der Waals surface area contributed by atoms with Gasteiger partial charge in [-0.25, -0.2) is 4.39 Å². The second-order valence-electron chi connectivity index (χ2n) is 5.69. The van der Waals surface area contributed by atoms with Crippen LogP contribution in [0.4, 0.5) is 4.39 Å². The number of halogens is 2. The van der Waals surface area contributed by atoms with Crippen LogP contribution in [0.25, 0.3) is 0 Å². The highest BCUT2D eigenvalue weighted by molar-refractivity contribution is 9.10. The third-order valence-electron chi connectivity index (χ3n) is 3.97. The number of hydrogen-bond acceptors (Lipinski definition) is 3. The number of aryl methyl sites for hydroxylation is 1. The van der Waals surface area contributed by atoms with Crippen LogP contribution in [0.5, 0.6) is 0 Å². The second kappa shape index (κ2) is 6.80. The van der Waals surface area contributed by atoms with Crippen LogP contribution < -0.4 is 0 Å². The van der Waals surface area contributed by atoms with Gasteiger partial charge >= 0.3 is 0 Å². The van der Waals surface area contributed by atoms with E-state index in [0.717, 1.165) is 29.7 Å². The Bertz CT molecular complexity index is 693. The molecule has 0 radical (unpaired) electrons. The Morgan fingerprint density at radius 2 is 1.87 bits per heavy atom. The highest BCUT2D eigenvalue weighted by Crippen LogP contribution is 2.18. The van der Waals surface area contributed by atoms with E-state index in [9.17, 15) is 9.18 Å². The van der Waals surface area contributed by atoms with E-state index in [1.165, 1.54) is 12.1 Å². The minimum Gasteiger partial charge on any atom is -0.335 e. The Kier molecular flexibility index (Phi) is 4.77. The molecular weight excluding hydrogens is 363 g/mol. The maximum absolute atomic E-state index is 12.9. The van der Waals surface area contributed by atoms with Crippen LogP contribution in [-0.2, 0) is 13.6 Å². The van der Waals surface area contributed by atoms with E-state index in [2.05, 4.69) is 25.9 Å². The molecule has 3 rings (SSSR count). The zero-order chi connectivity index (χ0) is 16.4.